The van der Waals surface area contributed by atoms with Gasteiger partial charge in [0.2, 0.25) is 0 Å². The maximum atomic E-state index is 13.5. The Morgan fingerprint density at radius 2 is 2.31 bits per heavy atom. The molecular formula is C12H15F. The number of halogens is 1. The number of hydrogen-bond acceptors (Lipinski definition) is 0. The van der Waals surface area contributed by atoms with Gasteiger partial charge in [0.05, 0.1) is 0 Å². The molecule has 1 aliphatic rings. The minimum atomic E-state index is 0.00782. The van der Waals surface area contributed by atoms with Crippen LogP contribution in [0.2, 0.25) is 0 Å². The Kier molecular flexibility index (Phi) is 2.34. The molecule has 1 aromatic carbocycles. The highest BCUT2D eigenvalue weighted by molar-refractivity contribution is 5.36. The van der Waals surface area contributed by atoms with Gasteiger partial charge in [-0.3, -0.25) is 0 Å². The second-order valence-corrected chi connectivity index (χ2v) is 3.84. The number of aryl methyl sites for hydroxylation is 1. The third-order valence-corrected chi connectivity index (χ3v) is 2.95. The molecule has 0 aliphatic heterocycles. The molecular weight excluding hydrogens is 163 g/mol. The van der Waals surface area contributed by atoms with Crippen LogP contribution in [0.3, 0.4) is 0 Å². The van der Waals surface area contributed by atoms with Crippen LogP contribution in [0.15, 0.2) is 18.2 Å². The first-order chi connectivity index (χ1) is 6.33. The van der Waals surface area contributed by atoms with Crippen molar-refractivity contribution in [3.63, 3.8) is 0 Å². The van der Waals surface area contributed by atoms with E-state index in [1.165, 1.54) is 5.56 Å². The highest BCUT2D eigenvalue weighted by atomic mass is 19.1. The maximum Gasteiger partial charge on any atom is 0.126 e. The molecule has 1 atom stereocenters. The van der Waals surface area contributed by atoms with Crippen molar-refractivity contribution in [3.8, 4) is 0 Å². The van der Waals surface area contributed by atoms with E-state index in [9.17, 15) is 4.39 Å². The van der Waals surface area contributed by atoms with Gasteiger partial charge in [-0.15, -0.1) is 0 Å². The van der Waals surface area contributed by atoms with Gasteiger partial charge < -0.3 is 0 Å². The lowest BCUT2D eigenvalue weighted by molar-refractivity contribution is 0.555. The third kappa shape index (κ3) is 1.48. The van der Waals surface area contributed by atoms with Crippen LogP contribution in [0.25, 0.3) is 0 Å². The number of fused-ring (bicyclic) bond motifs is 1. The maximum absolute atomic E-state index is 13.5. The van der Waals surface area contributed by atoms with Crippen molar-refractivity contribution in [3.05, 3.63) is 35.1 Å². The zero-order valence-electron chi connectivity index (χ0n) is 8.02. The van der Waals surface area contributed by atoms with Crippen LogP contribution in [0.1, 0.15) is 43.2 Å². The number of rotatable bonds is 2. The molecule has 0 N–H and O–H groups in total. The van der Waals surface area contributed by atoms with Gasteiger partial charge in [0, 0.05) is 0 Å². The van der Waals surface area contributed by atoms with Crippen LogP contribution in [-0.4, -0.2) is 0 Å². The molecule has 0 saturated heterocycles. The largest absolute Gasteiger partial charge is 0.207 e. The van der Waals surface area contributed by atoms with Crippen molar-refractivity contribution in [1.29, 1.82) is 0 Å². The Morgan fingerprint density at radius 3 is 3.08 bits per heavy atom. The van der Waals surface area contributed by atoms with Crippen LogP contribution in [0.4, 0.5) is 4.39 Å². The van der Waals surface area contributed by atoms with E-state index in [1.54, 1.807) is 6.07 Å². The standard InChI is InChI=1S/C12H15F/c1-2-4-9-7-8-10-5-3-6-11(13)12(9)10/h3,5-6,9H,2,4,7-8H2,1H3/t9-/m0/s1. The fourth-order valence-electron chi connectivity index (χ4n) is 2.37. The Bertz CT molecular complexity index is 302. The number of hydrogen-bond donors (Lipinski definition) is 0. The van der Waals surface area contributed by atoms with Crippen molar-refractivity contribution < 1.29 is 4.39 Å². The summed E-state index contributed by atoms with van der Waals surface area (Å²) in [6, 6.07) is 5.48. The molecule has 0 heterocycles. The van der Waals surface area contributed by atoms with Crippen molar-refractivity contribution in [2.24, 2.45) is 0 Å². The van der Waals surface area contributed by atoms with Crippen LogP contribution < -0.4 is 0 Å². The van der Waals surface area contributed by atoms with E-state index in [0.717, 1.165) is 31.2 Å². The zero-order chi connectivity index (χ0) is 9.26. The average molecular weight is 178 g/mol. The molecule has 0 radical (unpaired) electrons. The fraction of sp³-hybridized carbons (Fsp3) is 0.500. The van der Waals surface area contributed by atoms with Gasteiger partial charge in [-0.05, 0) is 42.4 Å². The second kappa shape index (κ2) is 3.49. The smallest absolute Gasteiger partial charge is 0.126 e. The minimum absolute atomic E-state index is 0.00782. The Labute approximate surface area is 78.8 Å². The average Bonchev–Trinajstić information content (AvgIpc) is 2.51. The normalized spacial score (nSPS) is 20.3. The summed E-state index contributed by atoms with van der Waals surface area (Å²) in [5.74, 6) is 0.495. The summed E-state index contributed by atoms with van der Waals surface area (Å²) in [5, 5.41) is 0. The Balaban J connectivity index is 2.34. The molecule has 1 heteroatoms. The number of benzene rings is 1. The van der Waals surface area contributed by atoms with Crippen LogP contribution in [0.5, 0.6) is 0 Å². The summed E-state index contributed by atoms with van der Waals surface area (Å²) in [4.78, 5) is 0. The van der Waals surface area contributed by atoms with Crippen molar-refractivity contribution >= 4 is 0 Å². The monoisotopic (exact) mass is 178 g/mol. The van der Waals surface area contributed by atoms with Gasteiger partial charge in [-0.2, -0.15) is 0 Å². The lowest BCUT2D eigenvalue weighted by Gasteiger charge is -2.10. The van der Waals surface area contributed by atoms with Gasteiger partial charge in [0.15, 0.2) is 0 Å². The summed E-state index contributed by atoms with van der Waals surface area (Å²) < 4.78 is 13.5. The molecule has 0 unspecified atom stereocenters. The minimum Gasteiger partial charge on any atom is -0.207 e. The van der Waals surface area contributed by atoms with E-state index in [1.807, 2.05) is 6.07 Å². The Morgan fingerprint density at radius 1 is 1.46 bits per heavy atom. The highest BCUT2D eigenvalue weighted by Gasteiger charge is 2.24. The van der Waals surface area contributed by atoms with E-state index in [-0.39, 0.29) is 5.82 Å². The topological polar surface area (TPSA) is 0 Å². The molecule has 0 bridgehead atoms. The van der Waals surface area contributed by atoms with Crippen molar-refractivity contribution in [1.82, 2.24) is 0 Å². The van der Waals surface area contributed by atoms with Gasteiger partial charge in [-0.1, -0.05) is 25.5 Å². The predicted octanol–water partition coefficient (Wildman–Crippen LogP) is 3.66. The SMILES string of the molecule is CCC[C@H]1CCc2cccc(F)c21. The summed E-state index contributed by atoms with van der Waals surface area (Å²) in [6.45, 7) is 2.17. The molecule has 13 heavy (non-hydrogen) atoms. The first kappa shape index (κ1) is 8.74. The van der Waals surface area contributed by atoms with Crippen LogP contribution >= 0.6 is 0 Å². The van der Waals surface area contributed by atoms with Gasteiger partial charge >= 0.3 is 0 Å². The van der Waals surface area contributed by atoms with Crippen LogP contribution in [0, 0.1) is 5.82 Å². The summed E-state index contributed by atoms with van der Waals surface area (Å²) in [6.07, 6.45) is 4.49. The molecule has 2 rings (SSSR count). The molecule has 1 aliphatic carbocycles. The molecule has 0 amide bonds. The first-order valence-electron chi connectivity index (χ1n) is 5.10. The summed E-state index contributed by atoms with van der Waals surface area (Å²) >= 11 is 0. The van der Waals surface area contributed by atoms with Gasteiger partial charge in [0.1, 0.15) is 5.82 Å². The fourth-order valence-corrected chi connectivity index (χ4v) is 2.37. The molecule has 0 aromatic heterocycles. The lowest BCUT2D eigenvalue weighted by atomic mass is 9.96. The molecule has 0 nitrogen and oxygen atoms in total. The molecule has 1 aromatic rings. The van der Waals surface area contributed by atoms with E-state index >= 15 is 0 Å². The molecule has 70 valence electrons. The molecule has 0 fully saturated rings. The lowest BCUT2D eigenvalue weighted by Crippen LogP contribution is -1.96. The van der Waals surface area contributed by atoms with Crippen molar-refractivity contribution in [2.75, 3.05) is 0 Å². The zero-order valence-corrected chi connectivity index (χ0v) is 8.02. The van der Waals surface area contributed by atoms with E-state index in [0.29, 0.717) is 5.92 Å². The van der Waals surface area contributed by atoms with Crippen LogP contribution in [-0.2, 0) is 6.42 Å². The third-order valence-electron chi connectivity index (χ3n) is 2.95. The first-order valence-corrected chi connectivity index (χ1v) is 5.10. The van der Waals surface area contributed by atoms with Gasteiger partial charge in [0.25, 0.3) is 0 Å². The van der Waals surface area contributed by atoms with E-state index < -0.39 is 0 Å². The predicted molar refractivity (Wildman–Crippen MR) is 52.4 cm³/mol. The quantitative estimate of drug-likeness (QED) is 0.648. The Hall–Kier alpha value is -0.850. The second-order valence-electron chi connectivity index (χ2n) is 3.84. The summed E-state index contributed by atoms with van der Waals surface area (Å²) in [7, 11) is 0. The molecule has 0 saturated carbocycles. The van der Waals surface area contributed by atoms with Gasteiger partial charge in [-0.25, -0.2) is 4.39 Å². The highest BCUT2D eigenvalue weighted by Crippen LogP contribution is 2.37. The van der Waals surface area contributed by atoms with Crippen molar-refractivity contribution in [2.45, 2.75) is 38.5 Å². The molecule has 0 spiro atoms. The summed E-state index contributed by atoms with van der Waals surface area (Å²) in [5.41, 5.74) is 2.24. The van der Waals surface area contributed by atoms with E-state index in [4.69, 9.17) is 0 Å². The van der Waals surface area contributed by atoms with E-state index in [2.05, 4.69) is 13.0 Å².